The Hall–Kier alpha value is -3.74. The first-order chi connectivity index (χ1) is 13.9. The van der Waals surface area contributed by atoms with Gasteiger partial charge in [-0.15, -0.1) is 0 Å². The average Bonchev–Trinajstić information content (AvgIpc) is 2.68. The van der Waals surface area contributed by atoms with Gasteiger partial charge in [0.15, 0.2) is 0 Å². The zero-order valence-electron chi connectivity index (χ0n) is 15.8. The maximum absolute atomic E-state index is 13.0. The van der Waals surface area contributed by atoms with Crippen molar-refractivity contribution in [3.63, 3.8) is 0 Å². The van der Waals surface area contributed by atoms with Crippen LogP contribution in [0, 0.1) is 0 Å². The van der Waals surface area contributed by atoms with Gasteiger partial charge in [0.05, 0.1) is 11.3 Å². The highest BCUT2D eigenvalue weighted by Gasteiger charge is 2.21. The lowest BCUT2D eigenvalue weighted by molar-refractivity contribution is -0.114. The van der Waals surface area contributed by atoms with Crippen molar-refractivity contribution in [3.05, 3.63) is 75.3 Å². The molecule has 0 unspecified atom stereocenters. The van der Waals surface area contributed by atoms with E-state index in [0.29, 0.717) is 29.0 Å². The van der Waals surface area contributed by atoms with Gasteiger partial charge in [0.2, 0.25) is 5.91 Å². The second kappa shape index (κ2) is 7.35. The van der Waals surface area contributed by atoms with Crippen LogP contribution in [0.4, 0.5) is 5.69 Å². The molecule has 1 aliphatic rings. The van der Waals surface area contributed by atoms with Gasteiger partial charge in [0.25, 0.3) is 5.56 Å². The number of carbonyl (C=O) groups excluding carboxylic acids is 1. The van der Waals surface area contributed by atoms with E-state index in [4.69, 9.17) is 0 Å². The standard InChI is InChI=1S/C22H19N3O4/c1-13(26)23-17-6-2-4-14(11-17)10-15-5-3-7-18-20(15)24-19-9-8-16(22(28)29)12-25(19)21(18)27/h2,4,6,8-12H,3,5,7H2,1H3,(H,23,26)(H,28,29)/b15-10+. The van der Waals surface area contributed by atoms with E-state index < -0.39 is 5.97 Å². The average molecular weight is 389 g/mol. The first-order valence-corrected chi connectivity index (χ1v) is 9.29. The summed E-state index contributed by atoms with van der Waals surface area (Å²) >= 11 is 0. The molecule has 2 heterocycles. The number of fused-ring (bicyclic) bond motifs is 2. The lowest BCUT2D eigenvalue weighted by atomic mass is 9.90. The zero-order valence-corrected chi connectivity index (χ0v) is 15.8. The molecule has 0 fully saturated rings. The molecular weight excluding hydrogens is 370 g/mol. The number of hydrogen-bond acceptors (Lipinski definition) is 4. The quantitative estimate of drug-likeness (QED) is 0.716. The number of carboxylic acid groups (broad SMARTS) is 1. The first-order valence-electron chi connectivity index (χ1n) is 9.29. The summed E-state index contributed by atoms with van der Waals surface area (Å²) < 4.78 is 1.31. The number of allylic oxidation sites excluding steroid dienone is 1. The van der Waals surface area contributed by atoms with Crippen molar-refractivity contribution in [2.45, 2.75) is 26.2 Å². The highest BCUT2D eigenvalue weighted by molar-refractivity contribution is 5.90. The van der Waals surface area contributed by atoms with E-state index in [-0.39, 0.29) is 17.0 Å². The Balaban J connectivity index is 1.82. The van der Waals surface area contributed by atoms with E-state index in [1.807, 2.05) is 30.3 Å². The number of pyridine rings is 1. The van der Waals surface area contributed by atoms with Gasteiger partial charge in [-0.2, -0.15) is 0 Å². The summed E-state index contributed by atoms with van der Waals surface area (Å²) in [6.07, 6.45) is 5.50. The number of anilines is 1. The number of rotatable bonds is 3. The summed E-state index contributed by atoms with van der Waals surface area (Å²) in [5.74, 6) is -1.23. The smallest absolute Gasteiger partial charge is 0.337 e. The molecule has 146 valence electrons. The molecule has 0 spiro atoms. The number of carboxylic acids is 1. The van der Waals surface area contributed by atoms with Gasteiger partial charge in [-0.05, 0) is 60.7 Å². The lowest BCUT2D eigenvalue weighted by Gasteiger charge is -2.19. The molecule has 0 radical (unpaired) electrons. The van der Waals surface area contributed by atoms with E-state index in [2.05, 4.69) is 10.3 Å². The van der Waals surface area contributed by atoms with Crippen molar-refractivity contribution in [1.29, 1.82) is 0 Å². The SMILES string of the molecule is CC(=O)Nc1cccc(/C=C2\CCCc3c2nc2ccc(C(=O)O)cn2c3=O)c1. The fourth-order valence-corrected chi connectivity index (χ4v) is 3.62. The van der Waals surface area contributed by atoms with E-state index in [9.17, 15) is 19.5 Å². The summed E-state index contributed by atoms with van der Waals surface area (Å²) in [5, 5.41) is 11.9. The van der Waals surface area contributed by atoms with E-state index >= 15 is 0 Å². The molecule has 2 aromatic heterocycles. The predicted octanol–water partition coefficient (Wildman–Crippen LogP) is 3.23. The third-order valence-electron chi connectivity index (χ3n) is 4.89. The minimum atomic E-state index is -1.09. The Morgan fingerprint density at radius 2 is 2.03 bits per heavy atom. The van der Waals surface area contributed by atoms with Gasteiger partial charge in [0.1, 0.15) is 5.65 Å². The molecular formula is C22H19N3O4. The van der Waals surface area contributed by atoms with Gasteiger partial charge in [0, 0.05) is 24.4 Å². The molecule has 7 nitrogen and oxygen atoms in total. The molecule has 29 heavy (non-hydrogen) atoms. The number of carbonyl (C=O) groups is 2. The number of nitrogens with one attached hydrogen (secondary N) is 1. The highest BCUT2D eigenvalue weighted by atomic mass is 16.4. The number of aromatic nitrogens is 2. The van der Waals surface area contributed by atoms with Crippen molar-refractivity contribution >= 4 is 34.9 Å². The molecule has 7 heteroatoms. The van der Waals surface area contributed by atoms with Gasteiger partial charge >= 0.3 is 5.97 Å². The van der Waals surface area contributed by atoms with E-state index in [0.717, 1.165) is 24.0 Å². The summed E-state index contributed by atoms with van der Waals surface area (Å²) in [6.45, 7) is 1.46. The van der Waals surface area contributed by atoms with Crippen LogP contribution in [-0.4, -0.2) is 26.4 Å². The Kier molecular flexibility index (Phi) is 4.72. The molecule has 0 saturated carbocycles. The predicted molar refractivity (Wildman–Crippen MR) is 110 cm³/mol. The molecule has 0 aliphatic heterocycles. The molecule has 0 atom stereocenters. The molecule has 3 aromatic rings. The Morgan fingerprint density at radius 3 is 2.79 bits per heavy atom. The van der Waals surface area contributed by atoms with Gasteiger partial charge in [-0.3, -0.25) is 14.0 Å². The lowest BCUT2D eigenvalue weighted by Crippen LogP contribution is -2.25. The summed E-state index contributed by atoms with van der Waals surface area (Å²) in [5.41, 5.74) is 4.05. The summed E-state index contributed by atoms with van der Waals surface area (Å²) in [6, 6.07) is 10.5. The van der Waals surface area contributed by atoms with Crippen LogP contribution in [0.15, 0.2) is 47.4 Å². The highest BCUT2D eigenvalue weighted by Crippen LogP contribution is 2.30. The largest absolute Gasteiger partial charge is 0.478 e. The van der Waals surface area contributed by atoms with Crippen LogP contribution in [0.25, 0.3) is 17.3 Å². The van der Waals surface area contributed by atoms with Crippen molar-refractivity contribution in [1.82, 2.24) is 9.38 Å². The second-order valence-corrected chi connectivity index (χ2v) is 7.03. The minimum absolute atomic E-state index is 0.0442. The van der Waals surface area contributed by atoms with Crippen molar-refractivity contribution in [3.8, 4) is 0 Å². The second-order valence-electron chi connectivity index (χ2n) is 7.03. The number of aromatic carboxylic acids is 1. The monoisotopic (exact) mass is 389 g/mol. The number of hydrogen-bond donors (Lipinski definition) is 2. The van der Waals surface area contributed by atoms with Gasteiger partial charge in [-0.25, -0.2) is 9.78 Å². The summed E-state index contributed by atoms with van der Waals surface area (Å²) in [4.78, 5) is 40.2. The maximum Gasteiger partial charge on any atom is 0.337 e. The molecule has 4 rings (SSSR count). The fraction of sp³-hybridized carbons (Fsp3) is 0.182. The van der Waals surface area contributed by atoms with Gasteiger partial charge in [-0.1, -0.05) is 12.1 Å². The Bertz CT molecular complexity index is 1240. The van der Waals surface area contributed by atoms with Crippen molar-refractivity contribution in [2.75, 3.05) is 5.32 Å². The van der Waals surface area contributed by atoms with Crippen LogP contribution in [0.3, 0.4) is 0 Å². The van der Waals surface area contributed by atoms with Crippen LogP contribution in [0.2, 0.25) is 0 Å². The molecule has 0 bridgehead atoms. The van der Waals surface area contributed by atoms with Gasteiger partial charge < -0.3 is 10.4 Å². The maximum atomic E-state index is 13.0. The van der Waals surface area contributed by atoms with Crippen LogP contribution < -0.4 is 10.9 Å². The number of nitrogens with zero attached hydrogens (tertiary/aromatic N) is 2. The van der Waals surface area contributed by atoms with Crippen LogP contribution in [0.5, 0.6) is 0 Å². The van der Waals surface area contributed by atoms with E-state index in [1.165, 1.54) is 23.6 Å². The van der Waals surface area contributed by atoms with Crippen molar-refractivity contribution in [2.24, 2.45) is 0 Å². The van der Waals surface area contributed by atoms with E-state index in [1.54, 1.807) is 6.07 Å². The minimum Gasteiger partial charge on any atom is -0.478 e. The molecule has 1 aliphatic carbocycles. The molecule has 2 N–H and O–H groups in total. The van der Waals surface area contributed by atoms with Crippen LogP contribution in [0.1, 0.15) is 46.9 Å². The van der Waals surface area contributed by atoms with Crippen LogP contribution >= 0.6 is 0 Å². The zero-order chi connectivity index (χ0) is 20.5. The molecule has 1 amide bonds. The topological polar surface area (TPSA) is 101 Å². The van der Waals surface area contributed by atoms with Crippen molar-refractivity contribution < 1.29 is 14.7 Å². The summed E-state index contributed by atoms with van der Waals surface area (Å²) in [7, 11) is 0. The molecule has 0 saturated heterocycles. The third kappa shape index (κ3) is 3.67. The first kappa shape index (κ1) is 18.6. The van der Waals surface area contributed by atoms with Crippen LogP contribution in [-0.2, 0) is 11.2 Å². The molecule has 1 aromatic carbocycles. The fourth-order valence-electron chi connectivity index (χ4n) is 3.62. The third-order valence-corrected chi connectivity index (χ3v) is 4.89. The number of benzene rings is 1. The Labute approximate surface area is 166 Å². The Morgan fingerprint density at radius 1 is 1.21 bits per heavy atom. The number of amides is 1. The normalized spacial score (nSPS) is 14.6.